The molecule has 7 heteroatoms. The summed E-state index contributed by atoms with van der Waals surface area (Å²) in [6.45, 7) is 7.77. The molecule has 0 bridgehead atoms. The zero-order chi connectivity index (χ0) is 16.7. The number of rotatable bonds is 4. The number of carbonyl (C=O) groups is 3. The van der Waals surface area contributed by atoms with Crippen LogP contribution in [0.25, 0.3) is 0 Å². The zero-order valence-corrected chi connectivity index (χ0v) is 13.4. The molecule has 7 nitrogen and oxygen atoms in total. The monoisotopic (exact) mass is 309 g/mol. The summed E-state index contributed by atoms with van der Waals surface area (Å²) >= 11 is 0. The van der Waals surface area contributed by atoms with Gasteiger partial charge in [0.1, 0.15) is 0 Å². The van der Waals surface area contributed by atoms with Crippen LogP contribution in [0.1, 0.15) is 34.1 Å². The number of hydroxylamine groups is 2. The second-order valence-corrected chi connectivity index (χ2v) is 6.99. The minimum atomic E-state index is -0.672. The van der Waals surface area contributed by atoms with Gasteiger partial charge in [0, 0.05) is 30.8 Å². The van der Waals surface area contributed by atoms with Crippen LogP contribution < -0.4 is 5.32 Å². The molecule has 0 saturated carbocycles. The molecular formula is C15H23N3O4. The lowest BCUT2D eigenvalue weighted by molar-refractivity contribution is -0.197. The van der Waals surface area contributed by atoms with E-state index in [0.29, 0.717) is 6.42 Å². The minimum Gasteiger partial charge on any atom is -0.354 e. The molecule has 2 aliphatic rings. The van der Waals surface area contributed by atoms with Gasteiger partial charge in [0.15, 0.2) is 0 Å². The molecule has 122 valence electrons. The first-order valence-electron chi connectivity index (χ1n) is 7.38. The molecule has 0 aliphatic carbocycles. The maximum Gasteiger partial charge on any atom is 0.253 e. The van der Waals surface area contributed by atoms with E-state index >= 15 is 0 Å². The second kappa shape index (κ2) is 5.48. The van der Waals surface area contributed by atoms with Crippen molar-refractivity contribution in [3.63, 3.8) is 0 Å². The third-order valence-electron chi connectivity index (χ3n) is 4.53. The molecular weight excluding hydrogens is 286 g/mol. The summed E-state index contributed by atoms with van der Waals surface area (Å²) in [7, 11) is 0. The predicted octanol–water partition coefficient (Wildman–Crippen LogP) is 0.296. The highest BCUT2D eigenvalue weighted by atomic mass is 16.5. The van der Waals surface area contributed by atoms with E-state index < -0.39 is 11.1 Å². The normalized spacial score (nSPS) is 26.8. The van der Waals surface area contributed by atoms with Crippen LogP contribution in [0.4, 0.5) is 0 Å². The van der Waals surface area contributed by atoms with Crippen molar-refractivity contribution >= 4 is 17.7 Å². The van der Waals surface area contributed by atoms with Crippen molar-refractivity contribution in [2.24, 2.45) is 5.92 Å². The van der Waals surface area contributed by atoms with Gasteiger partial charge in [-0.2, -0.15) is 5.06 Å². The van der Waals surface area contributed by atoms with Crippen LogP contribution in [0.3, 0.4) is 0 Å². The van der Waals surface area contributed by atoms with Crippen LogP contribution in [0, 0.1) is 5.92 Å². The third-order valence-corrected chi connectivity index (χ3v) is 4.53. The standard InChI is InChI=1S/C15H23N3O4/c1-14(2)9-10(15(3,4)18(14)22)13(21)16-7-8-17-11(19)5-6-12(17)20/h5-6,10,22H,7-9H2,1-4H3,(H,16,21)/t10-/m0/s1. The van der Waals surface area contributed by atoms with E-state index in [9.17, 15) is 19.6 Å². The summed E-state index contributed by atoms with van der Waals surface area (Å²) in [5.41, 5.74) is -1.15. The Morgan fingerprint density at radius 3 is 2.27 bits per heavy atom. The molecule has 1 saturated heterocycles. The molecule has 2 aliphatic heterocycles. The van der Waals surface area contributed by atoms with E-state index in [0.717, 1.165) is 4.90 Å². The summed E-state index contributed by atoms with van der Waals surface area (Å²) < 4.78 is 0. The van der Waals surface area contributed by atoms with E-state index in [-0.39, 0.29) is 36.7 Å². The Hall–Kier alpha value is -1.73. The molecule has 0 aromatic carbocycles. The van der Waals surface area contributed by atoms with Crippen LogP contribution in [0.2, 0.25) is 0 Å². The predicted molar refractivity (Wildman–Crippen MR) is 78.8 cm³/mol. The van der Waals surface area contributed by atoms with Crippen molar-refractivity contribution in [1.82, 2.24) is 15.3 Å². The van der Waals surface area contributed by atoms with E-state index in [1.165, 1.54) is 17.2 Å². The van der Waals surface area contributed by atoms with Gasteiger partial charge in [0.05, 0.1) is 11.5 Å². The molecule has 2 heterocycles. The fraction of sp³-hybridized carbons (Fsp3) is 0.667. The molecule has 2 rings (SSSR count). The molecule has 2 N–H and O–H groups in total. The highest BCUT2D eigenvalue weighted by Gasteiger charge is 2.54. The molecule has 1 fully saturated rings. The van der Waals surface area contributed by atoms with E-state index in [1.807, 2.05) is 27.7 Å². The molecule has 0 radical (unpaired) electrons. The quantitative estimate of drug-likeness (QED) is 0.729. The summed E-state index contributed by atoms with van der Waals surface area (Å²) in [4.78, 5) is 36.3. The number of amides is 3. The Labute approximate surface area is 129 Å². The summed E-state index contributed by atoms with van der Waals surface area (Å²) in [6.07, 6.45) is 2.97. The lowest BCUT2D eigenvalue weighted by Gasteiger charge is -2.35. The summed E-state index contributed by atoms with van der Waals surface area (Å²) in [5.74, 6) is -1.26. The lowest BCUT2D eigenvalue weighted by atomic mass is 9.86. The average Bonchev–Trinajstić information content (AvgIpc) is 2.82. The third kappa shape index (κ3) is 2.78. The van der Waals surface area contributed by atoms with Crippen LogP contribution in [-0.2, 0) is 14.4 Å². The van der Waals surface area contributed by atoms with Gasteiger partial charge >= 0.3 is 0 Å². The largest absolute Gasteiger partial charge is 0.354 e. The molecule has 3 amide bonds. The SMILES string of the molecule is CC1(C)C[C@@H](C(=O)NCCN2C(=O)C=CC2=O)C(C)(C)N1O. The molecule has 1 atom stereocenters. The number of carbonyl (C=O) groups excluding carboxylic acids is 3. The van der Waals surface area contributed by atoms with Gasteiger partial charge < -0.3 is 10.5 Å². The number of hydrogen-bond donors (Lipinski definition) is 2. The van der Waals surface area contributed by atoms with Gasteiger partial charge in [0.2, 0.25) is 5.91 Å². The van der Waals surface area contributed by atoms with Gasteiger partial charge in [-0.05, 0) is 34.1 Å². The molecule has 0 spiro atoms. The Bertz CT molecular complexity index is 521. The molecule has 0 unspecified atom stereocenters. The van der Waals surface area contributed by atoms with Crippen molar-refractivity contribution in [2.45, 2.75) is 45.2 Å². The smallest absolute Gasteiger partial charge is 0.253 e. The Balaban J connectivity index is 1.91. The lowest BCUT2D eigenvalue weighted by Crippen LogP contribution is -2.50. The summed E-state index contributed by atoms with van der Waals surface area (Å²) in [5, 5.41) is 14.2. The van der Waals surface area contributed by atoms with Gasteiger partial charge in [-0.25, -0.2) is 0 Å². The molecule has 22 heavy (non-hydrogen) atoms. The Morgan fingerprint density at radius 2 is 1.82 bits per heavy atom. The van der Waals surface area contributed by atoms with E-state index in [4.69, 9.17) is 0 Å². The highest BCUT2D eigenvalue weighted by Crippen LogP contribution is 2.43. The van der Waals surface area contributed by atoms with Crippen LogP contribution in [-0.4, -0.2) is 57.1 Å². The van der Waals surface area contributed by atoms with Crippen LogP contribution >= 0.6 is 0 Å². The second-order valence-electron chi connectivity index (χ2n) is 6.99. The van der Waals surface area contributed by atoms with Crippen LogP contribution in [0.15, 0.2) is 12.2 Å². The maximum absolute atomic E-state index is 12.4. The fourth-order valence-electron chi connectivity index (χ4n) is 3.24. The van der Waals surface area contributed by atoms with Crippen molar-refractivity contribution in [3.05, 3.63) is 12.2 Å². The minimum absolute atomic E-state index is 0.149. The van der Waals surface area contributed by atoms with Gasteiger partial charge in [-0.3, -0.25) is 19.3 Å². The summed E-state index contributed by atoms with van der Waals surface area (Å²) in [6, 6.07) is 0. The fourth-order valence-corrected chi connectivity index (χ4v) is 3.24. The van der Waals surface area contributed by atoms with E-state index in [2.05, 4.69) is 5.32 Å². The first-order valence-corrected chi connectivity index (χ1v) is 7.38. The first kappa shape index (κ1) is 16.6. The zero-order valence-electron chi connectivity index (χ0n) is 13.4. The van der Waals surface area contributed by atoms with Gasteiger partial charge in [-0.15, -0.1) is 0 Å². The van der Waals surface area contributed by atoms with E-state index in [1.54, 1.807) is 0 Å². The average molecular weight is 309 g/mol. The molecule has 0 aromatic heterocycles. The van der Waals surface area contributed by atoms with Crippen LogP contribution in [0.5, 0.6) is 0 Å². The van der Waals surface area contributed by atoms with Crippen molar-refractivity contribution < 1.29 is 19.6 Å². The maximum atomic E-state index is 12.4. The number of imide groups is 1. The molecule has 0 aromatic rings. The highest BCUT2D eigenvalue weighted by molar-refractivity contribution is 6.12. The van der Waals surface area contributed by atoms with Crippen molar-refractivity contribution in [2.75, 3.05) is 13.1 Å². The number of nitrogens with one attached hydrogen (secondary N) is 1. The van der Waals surface area contributed by atoms with Crippen molar-refractivity contribution in [1.29, 1.82) is 0 Å². The van der Waals surface area contributed by atoms with Gasteiger partial charge in [-0.1, -0.05) is 0 Å². The van der Waals surface area contributed by atoms with Gasteiger partial charge in [0.25, 0.3) is 11.8 Å². The Kier molecular flexibility index (Phi) is 4.14. The number of nitrogens with zero attached hydrogens (tertiary/aromatic N) is 2. The van der Waals surface area contributed by atoms with Crippen molar-refractivity contribution in [3.8, 4) is 0 Å². The topological polar surface area (TPSA) is 90.0 Å². The Morgan fingerprint density at radius 1 is 1.27 bits per heavy atom. The first-order chi connectivity index (χ1) is 10.1. The number of hydrogen-bond acceptors (Lipinski definition) is 5.